The molecule has 0 bridgehead atoms. The van der Waals surface area contributed by atoms with Crippen LogP contribution in [0, 0.1) is 11.6 Å². The van der Waals surface area contributed by atoms with Gasteiger partial charge in [0.15, 0.2) is 11.6 Å². The molecule has 2 atom stereocenters. The van der Waals surface area contributed by atoms with E-state index in [0.29, 0.717) is 17.8 Å². The topological polar surface area (TPSA) is 27.7 Å². The van der Waals surface area contributed by atoms with Gasteiger partial charge in [0.25, 0.3) is 0 Å². The molecule has 1 fully saturated rings. The first kappa shape index (κ1) is 21.3. The summed E-state index contributed by atoms with van der Waals surface area (Å²) in [4.78, 5) is 0. The number of rotatable bonds is 9. The van der Waals surface area contributed by atoms with Crippen molar-refractivity contribution in [1.29, 1.82) is 0 Å². The summed E-state index contributed by atoms with van der Waals surface area (Å²) in [6.07, 6.45) is 6.43. The van der Waals surface area contributed by atoms with Crippen molar-refractivity contribution in [3.8, 4) is 11.5 Å². The molecule has 2 aromatic carbocycles. The van der Waals surface area contributed by atoms with Gasteiger partial charge in [-0.15, -0.1) is 6.58 Å². The molecule has 156 valence electrons. The van der Waals surface area contributed by atoms with E-state index in [-0.39, 0.29) is 24.5 Å². The molecule has 0 radical (unpaired) electrons. The molecule has 0 aliphatic carbocycles. The van der Waals surface area contributed by atoms with Crippen LogP contribution in [0.5, 0.6) is 11.5 Å². The van der Waals surface area contributed by atoms with Crippen LogP contribution in [0.15, 0.2) is 49.1 Å². The van der Waals surface area contributed by atoms with Gasteiger partial charge >= 0.3 is 0 Å². The van der Waals surface area contributed by atoms with Crippen molar-refractivity contribution in [2.24, 2.45) is 0 Å². The number of ether oxygens (including phenoxy) is 3. The molecule has 1 aliphatic heterocycles. The summed E-state index contributed by atoms with van der Waals surface area (Å²) in [5, 5.41) is 0. The number of hydrogen-bond acceptors (Lipinski definition) is 3. The molecule has 5 heteroatoms. The number of hydrogen-bond donors (Lipinski definition) is 0. The fraction of sp³-hybridized carbons (Fsp3) is 0.417. The van der Waals surface area contributed by atoms with E-state index in [9.17, 15) is 8.78 Å². The third kappa shape index (κ3) is 5.57. The smallest absolute Gasteiger partial charge is 0.201 e. The van der Waals surface area contributed by atoms with Crippen molar-refractivity contribution < 1.29 is 23.0 Å². The predicted molar refractivity (Wildman–Crippen MR) is 109 cm³/mol. The van der Waals surface area contributed by atoms with Gasteiger partial charge in [-0.25, -0.2) is 4.39 Å². The van der Waals surface area contributed by atoms with Gasteiger partial charge in [0.05, 0.1) is 19.3 Å². The van der Waals surface area contributed by atoms with Gasteiger partial charge in [-0.2, -0.15) is 4.39 Å². The molecule has 3 nitrogen and oxygen atoms in total. The quantitative estimate of drug-likeness (QED) is 0.469. The van der Waals surface area contributed by atoms with Crippen molar-refractivity contribution in [3.63, 3.8) is 0 Å². The van der Waals surface area contributed by atoms with E-state index in [4.69, 9.17) is 14.2 Å². The minimum atomic E-state index is -0.980. The number of halogens is 2. The van der Waals surface area contributed by atoms with Gasteiger partial charge in [0.1, 0.15) is 12.4 Å². The lowest BCUT2D eigenvalue weighted by Gasteiger charge is -2.29. The molecule has 3 rings (SSSR count). The van der Waals surface area contributed by atoms with Gasteiger partial charge in [0.2, 0.25) is 5.82 Å². The molecule has 0 spiro atoms. The van der Waals surface area contributed by atoms with Crippen LogP contribution >= 0.6 is 0 Å². The van der Waals surface area contributed by atoms with E-state index in [1.54, 1.807) is 6.92 Å². The van der Waals surface area contributed by atoms with Crippen LogP contribution in [0.25, 0.3) is 0 Å². The van der Waals surface area contributed by atoms with Crippen molar-refractivity contribution >= 4 is 0 Å². The van der Waals surface area contributed by atoms with E-state index in [1.165, 1.54) is 17.7 Å². The van der Waals surface area contributed by atoms with E-state index in [0.717, 1.165) is 32.3 Å². The first-order valence-electron chi connectivity index (χ1n) is 10.2. The van der Waals surface area contributed by atoms with Gasteiger partial charge in [-0.05, 0) is 62.4 Å². The summed E-state index contributed by atoms with van der Waals surface area (Å²) in [5.41, 5.74) is 1.36. The SMILES string of the molecule is C=CCCC1CCC(c2ccc(OCc3ccc(OCC)c(F)c3F)cc2)CO1. The lowest BCUT2D eigenvalue weighted by atomic mass is 9.90. The third-order valence-electron chi connectivity index (χ3n) is 5.24. The molecule has 1 heterocycles. The Hall–Kier alpha value is -2.40. The van der Waals surface area contributed by atoms with Gasteiger partial charge in [-0.3, -0.25) is 0 Å². The van der Waals surface area contributed by atoms with E-state index in [1.807, 2.05) is 30.3 Å². The maximum Gasteiger partial charge on any atom is 0.201 e. The fourth-order valence-electron chi connectivity index (χ4n) is 3.55. The van der Waals surface area contributed by atoms with E-state index in [2.05, 4.69) is 6.58 Å². The van der Waals surface area contributed by atoms with Gasteiger partial charge in [0, 0.05) is 11.5 Å². The lowest BCUT2D eigenvalue weighted by molar-refractivity contribution is -0.000183. The van der Waals surface area contributed by atoms with Crippen molar-refractivity contribution in [2.45, 2.75) is 51.2 Å². The maximum absolute atomic E-state index is 14.2. The van der Waals surface area contributed by atoms with Crippen LogP contribution in [0.2, 0.25) is 0 Å². The molecule has 0 aromatic heterocycles. The first-order chi connectivity index (χ1) is 14.1. The highest BCUT2D eigenvalue weighted by Gasteiger charge is 2.22. The molecule has 0 amide bonds. The Labute approximate surface area is 171 Å². The zero-order chi connectivity index (χ0) is 20.6. The molecule has 29 heavy (non-hydrogen) atoms. The minimum Gasteiger partial charge on any atom is -0.491 e. The second-order valence-corrected chi connectivity index (χ2v) is 7.24. The van der Waals surface area contributed by atoms with Crippen LogP contribution < -0.4 is 9.47 Å². The molecular weight excluding hydrogens is 374 g/mol. The summed E-state index contributed by atoms with van der Waals surface area (Å²) in [5.74, 6) is -1.01. The van der Waals surface area contributed by atoms with Crippen LogP contribution in [0.4, 0.5) is 8.78 Å². The highest BCUT2D eigenvalue weighted by Crippen LogP contribution is 2.31. The maximum atomic E-state index is 14.2. The largest absolute Gasteiger partial charge is 0.491 e. The average Bonchev–Trinajstić information content (AvgIpc) is 2.76. The fourth-order valence-corrected chi connectivity index (χ4v) is 3.55. The van der Waals surface area contributed by atoms with Crippen LogP contribution in [-0.2, 0) is 11.3 Å². The van der Waals surface area contributed by atoms with Crippen molar-refractivity contribution in [2.75, 3.05) is 13.2 Å². The molecule has 1 aliphatic rings. The molecule has 2 unspecified atom stereocenters. The Morgan fingerprint density at radius 1 is 1.07 bits per heavy atom. The van der Waals surface area contributed by atoms with Crippen LogP contribution in [-0.4, -0.2) is 19.3 Å². The standard InChI is InChI=1S/C24H28F2O3/c1-3-5-6-20-13-9-18(15-28-20)17-7-11-21(12-8-17)29-16-19-10-14-22(27-4-2)24(26)23(19)25/h3,7-8,10-12,14,18,20H,1,4-6,9,13,15-16H2,2H3. The molecule has 0 N–H and O–H groups in total. The summed E-state index contributed by atoms with van der Waals surface area (Å²) >= 11 is 0. The second-order valence-electron chi connectivity index (χ2n) is 7.24. The normalized spacial score (nSPS) is 19.0. The van der Waals surface area contributed by atoms with Crippen LogP contribution in [0.1, 0.15) is 49.7 Å². The highest BCUT2D eigenvalue weighted by molar-refractivity contribution is 5.32. The Morgan fingerprint density at radius 2 is 1.86 bits per heavy atom. The third-order valence-corrected chi connectivity index (χ3v) is 5.24. The van der Waals surface area contributed by atoms with Crippen molar-refractivity contribution in [3.05, 3.63) is 71.8 Å². The minimum absolute atomic E-state index is 0.0496. The summed E-state index contributed by atoms with van der Waals surface area (Å²) in [7, 11) is 0. The molecular formula is C24H28F2O3. The Kier molecular flexibility index (Phi) is 7.64. The monoisotopic (exact) mass is 402 g/mol. The van der Waals surface area contributed by atoms with Crippen LogP contribution in [0.3, 0.4) is 0 Å². The molecule has 2 aromatic rings. The second kappa shape index (κ2) is 10.4. The predicted octanol–water partition coefficient (Wildman–Crippen LogP) is 6.17. The Morgan fingerprint density at radius 3 is 2.52 bits per heavy atom. The number of allylic oxidation sites excluding steroid dienone is 1. The zero-order valence-corrected chi connectivity index (χ0v) is 16.8. The summed E-state index contributed by atoms with van der Waals surface area (Å²) < 4.78 is 44.8. The zero-order valence-electron chi connectivity index (χ0n) is 16.8. The van der Waals surface area contributed by atoms with Gasteiger partial charge < -0.3 is 14.2 Å². The highest BCUT2D eigenvalue weighted by atomic mass is 19.2. The lowest BCUT2D eigenvalue weighted by Crippen LogP contribution is -2.24. The average molecular weight is 402 g/mol. The summed E-state index contributed by atoms with van der Waals surface area (Å²) in [6.45, 7) is 6.43. The summed E-state index contributed by atoms with van der Waals surface area (Å²) in [6, 6.07) is 10.7. The van der Waals surface area contributed by atoms with E-state index < -0.39 is 11.6 Å². The first-order valence-corrected chi connectivity index (χ1v) is 10.2. The van der Waals surface area contributed by atoms with Gasteiger partial charge in [-0.1, -0.05) is 18.2 Å². The molecule has 0 saturated carbocycles. The molecule has 1 saturated heterocycles. The Bertz CT molecular complexity index is 797. The Balaban J connectivity index is 1.54. The van der Waals surface area contributed by atoms with Crippen molar-refractivity contribution in [1.82, 2.24) is 0 Å². The number of benzene rings is 2. The van der Waals surface area contributed by atoms with E-state index >= 15 is 0 Å².